The Labute approximate surface area is 144 Å². The molecular weight excluding hydrogens is 329 g/mol. The van der Waals surface area contributed by atoms with Crippen molar-refractivity contribution in [2.75, 3.05) is 26.2 Å². The van der Waals surface area contributed by atoms with E-state index in [0.717, 1.165) is 17.1 Å². The number of amides is 1. The number of carbonyl (C=O) groups excluding carboxylic acids is 1. The molecule has 128 valence electrons. The summed E-state index contributed by atoms with van der Waals surface area (Å²) in [5, 5.41) is 5.76. The Morgan fingerprint density at radius 3 is 3.17 bits per heavy atom. The number of halogens is 1. The Kier molecular flexibility index (Phi) is 5.55. The number of ether oxygens (including phenoxy) is 1. The molecule has 1 amide bonds. The Hall–Kier alpha value is -1.83. The molecule has 0 spiro atoms. The third kappa shape index (κ3) is 4.37. The van der Waals surface area contributed by atoms with E-state index in [-0.39, 0.29) is 17.8 Å². The summed E-state index contributed by atoms with van der Waals surface area (Å²) in [5.41, 5.74) is 1.48. The van der Waals surface area contributed by atoms with Crippen molar-refractivity contribution in [2.24, 2.45) is 0 Å². The third-order valence-electron chi connectivity index (χ3n) is 3.96. The fraction of sp³-hybridized carbons (Fsp3) is 0.412. The summed E-state index contributed by atoms with van der Waals surface area (Å²) in [7, 11) is 0. The Morgan fingerprint density at radius 1 is 1.54 bits per heavy atom. The first-order valence-electron chi connectivity index (χ1n) is 7.87. The molecule has 1 atom stereocenters. The van der Waals surface area contributed by atoms with Crippen molar-refractivity contribution in [1.29, 1.82) is 0 Å². The maximum absolute atomic E-state index is 13.2. The van der Waals surface area contributed by atoms with Gasteiger partial charge in [0.1, 0.15) is 16.9 Å². The van der Waals surface area contributed by atoms with Crippen LogP contribution in [0.1, 0.15) is 22.2 Å². The molecular formula is C17H20FN3O2S. The molecule has 0 radical (unpaired) electrons. The molecule has 1 aliphatic rings. The number of hydrogen-bond donors (Lipinski definition) is 1. The first-order valence-corrected chi connectivity index (χ1v) is 8.75. The van der Waals surface area contributed by atoms with E-state index >= 15 is 0 Å². The smallest absolute Gasteiger partial charge is 0.234 e. The van der Waals surface area contributed by atoms with Gasteiger partial charge in [-0.05, 0) is 24.1 Å². The summed E-state index contributed by atoms with van der Waals surface area (Å²) < 4.78 is 19.0. The van der Waals surface area contributed by atoms with Crippen LogP contribution in [0.25, 0.3) is 0 Å². The SMILES string of the molecule is Cc1cc(CNC(=O)CN2CCO[C@H](c3nccs3)C2)ccc1F. The lowest BCUT2D eigenvalue weighted by Crippen LogP contribution is -2.44. The van der Waals surface area contributed by atoms with Crippen molar-refractivity contribution in [2.45, 2.75) is 19.6 Å². The molecule has 1 fully saturated rings. The van der Waals surface area contributed by atoms with Crippen LogP contribution >= 0.6 is 11.3 Å². The number of nitrogens with zero attached hydrogens (tertiary/aromatic N) is 2. The van der Waals surface area contributed by atoms with Crippen molar-refractivity contribution in [3.8, 4) is 0 Å². The second-order valence-corrected chi connectivity index (χ2v) is 6.75. The zero-order valence-electron chi connectivity index (χ0n) is 13.5. The molecule has 0 aliphatic carbocycles. The van der Waals surface area contributed by atoms with Gasteiger partial charge in [0.2, 0.25) is 5.91 Å². The first-order chi connectivity index (χ1) is 11.6. The summed E-state index contributed by atoms with van der Waals surface area (Å²) in [4.78, 5) is 18.5. The summed E-state index contributed by atoms with van der Waals surface area (Å²) in [6.45, 7) is 4.43. The van der Waals surface area contributed by atoms with E-state index in [0.29, 0.717) is 31.8 Å². The van der Waals surface area contributed by atoms with Gasteiger partial charge >= 0.3 is 0 Å². The van der Waals surface area contributed by atoms with Crippen LogP contribution in [0.15, 0.2) is 29.8 Å². The number of nitrogens with one attached hydrogen (secondary N) is 1. The number of rotatable bonds is 5. The van der Waals surface area contributed by atoms with Crippen LogP contribution in [0, 0.1) is 12.7 Å². The highest BCUT2D eigenvalue weighted by Gasteiger charge is 2.24. The molecule has 1 saturated heterocycles. The van der Waals surface area contributed by atoms with Gasteiger partial charge in [-0.2, -0.15) is 0 Å². The fourth-order valence-corrected chi connectivity index (χ4v) is 3.34. The molecule has 1 N–H and O–H groups in total. The highest BCUT2D eigenvalue weighted by atomic mass is 32.1. The molecule has 0 unspecified atom stereocenters. The van der Waals surface area contributed by atoms with Crippen LogP contribution in [0.4, 0.5) is 4.39 Å². The standard InChI is InChI=1S/C17H20FN3O2S/c1-12-8-13(2-3-14(12)18)9-20-16(22)11-21-5-6-23-15(10-21)17-19-4-7-24-17/h2-4,7-8,15H,5-6,9-11H2,1H3,(H,20,22)/t15-/m0/s1. The summed E-state index contributed by atoms with van der Waals surface area (Å²) in [5.74, 6) is -0.275. The van der Waals surface area contributed by atoms with Crippen LogP contribution in [-0.2, 0) is 16.1 Å². The van der Waals surface area contributed by atoms with E-state index in [2.05, 4.69) is 15.2 Å². The van der Waals surface area contributed by atoms with E-state index in [1.165, 1.54) is 6.07 Å². The van der Waals surface area contributed by atoms with Gasteiger partial charge in [-0.1, -0.05) is 12.1 Å². The third-order valence-corrected chi connectivity index (χ3v) is 4.82. The number of thiazole rings is 1. The zero-order chi connectivity index (χ0) is 16.9. The highest BCUT2D eigenvalue weighted by molar-refractivity contribution is 7.09. The van der Waals surface area contributed by atoms with E-state index in [1.54, 1.807) is 36.6 Å². The molecule has 7 heteroatoms. The van der Waals surface area contributed by atoms with Gasteiger partial charge < -0.3 is 10.1 Å². The van der Waals surface area contributed by atoms with Crippen LogP contribution in [-0.4, -0.2) is 42.0 Å². The van der Waals surface area contributed by atoms with Crippen molar-refractivity contribution < 1.29 is 13.9 Å². The first kappa shape index (κ1) is 17.0. The Morgan fingerprint density at radius 2 is 2.42 bits per heavy atom. The molecule has 0 saturated carbocycles. The number of hydrogen-bond acceptors (Lipinski definition) is 5. The summed E-state index contributed by atoms with van der Waals surface area (Å²) >= 11 is 1.57. The number of benzene rings is 1. The second-order valence-electron chi connectivity index (χ2n) is 5.83. The summed E-state index contributed by atoms with van der Waals surface area (Å²) in [6.07, 6.45) is 1.70. The molecule has 5 nitrogen and oxygen atoms in total. The normalized spacial score (nSPS) is 18.5. The average Bonchev–Trinajstić information content (AvgIpc) is 3.11. The van der Waals surface area contributed by atoms with E-state index in [4.69, 9.17) is 4.74 Å². The molecule has 24 heavy (non-hydrogen) atoms. The quantitative estimate of drug-likeness (QED) is 0.900. The van der Waals surface area contributed by atoms with Gasteiger partial charge in [0.25, 0.3) is 0 Å². The number of aromatic nitrogens is 1. The van der Waals surface area contributed by atoms with E-state index < -0.39 is 0 Å². The number of morpholine rings is 1. The molecule has 1 aliphatic heterocycles. The Bertz CT molecular complexity index is 693. The van der Waals surface area contributed by atoms with E-state index in [9.17, 15) is 9.18 Å². The average molecular weight is 349 g/mol. The highest BCUT2D eigenvalue weighted by Crippen LogP contribution is 2.23. The molecule has 1 aromatic carbocycles. The maximum atomic E-state index is 13.2. The van der Waals surface area contributed by atoms with Crippen LogP contribution in [0.3, 0.4) is 0 Å². The van der Waals surface area contributed by atoms with Crippen molar-refractivity contribution in [1.82, 2.24) is 15.2 Å². The number of carbonyl (C=O) groups is 1. The minimum Gasteiger partial charge on any atom is -0.368 e. The largest absolute Gasteiger partial charge is 0.368 e. The minimum atomic E-state index is -0.230. The lowest BCUT2D eigenvalue weighted by molar-refractivity contribution is -0.124. The van der Waals surface area contributed by atoms with Gasteiger partial charge in [-0.15, -0.1) is 11.3 Å². The molecule has 2 heterocycles. The van der Waals surface area contributed by atoms with Crippen molar-refractivity contribution in [3.05, 3.63) is 51.7 Å². The predicted octanol–water partition coefficient (Wildman–Crippen LogP) is 2.28. The monoisotopic (exact) mass is 349 g/mol. The lowest BCUT2D eigenvalue weighted by atomic mass is 10.1. The van der Waals surface area contributed by atoms with Crippen LogP contribution in [0.5, 0.6) is 0 Å². The van der Waals surface area contributed by atoms with Gasteiger partial charge in [-0.3, -0.25) is 9.69 Å². The Balaban J connectivity index is 1.48. The fourth-order valence-electron chi connectivity index (χ4n) is 2.67. The zero-order valence-corrected chi connectivity index (χ0v) is 14.3. The maximum Gasteiger partial charge on any atom is 0.234 e. The molecule has 2 aromatic rings. The summed E-state index contributed by atoms with van der Waals surface area (Å²) in [6, 6.07) is 4.87. The molecule has 1 aromatic heterocycles. The van der Waals surface area contributed by atoms with Gasteiger partial charge in [0.05, 0.1) is 13.2 Å². The molecule has 3 rings (SSSR count). The van der Waals surface area contributed by atoms with Crippen molar-refractivity contribution >= 4 is 17.2 Å². The van der Waals surface area contributed by atoms with Gasteiger partial charge in [0, 0.05) is 31.2 Å². The second kappa shape index (κ2) is 7.83. The predicted molar refractivity (Wildman–Crippen MR) is 90.2 cm³/mol. The van der Waals surface area contributed by atoms with Crippen molar-refractivity contribution in [3.63, 3.8) is 0 Å². The molecule has 0 bridgehead atoms. The minimum absolute atomic E-state index is 0.0447. The van der Waals surface area contributed by atoms with E-state index in [1.807, 2.05) is 5.38 Å². The number of aryl methyl sites for hydroxylation is 1. The van der Waals surface area contributed by atoms with Crippen LogP contribution < -0.4 is 5.32 Å². The van der Waals surface area contributed by atoms with Gasteiger partial charge in [0.15, 0.2) is 0 Å². The van der Waals surface area contributed by atoms with Crippen LogP contribution in [0.2, 0.25) is 0 Å². The van der Waals surface area contributed by atoms with Gasteiger partial charge in [-0.25, -0.2) is 9.37 Å². The lowest BCUT2D eigenvalue weighted by Gasteiger charge is -2.31. The topological polar surface area (TPSA) is 54.5 Å².